The van der Waals surface area contributed by atoms with Crippen molar-refractivity contribution in [3.8, 4) is 0 Å². The fraction of sp³-hybridized carbons (Fsp3) is 0.538. The number of halogens is 2. The topological polar surface area (TPSA) is 15.3 Å². The van der Waals surface area contributed by atoms with E-state index >= 15 is 0 Å². The predicted octanol–water partition coefficient (Wildman–Crippen LogP) is 3.02. The van der Waals surface area contributed by atoms with Crippen molar-refractivity contribution in [3.63, 3.8) is 0 Å². The lowest BCUT2D eigenvalue weighted by Crippen LogP contribution is -2.43. The smallest absolute Gasteiger partial charge is 0.163 e. The van der Waals surface area contributed by atoms with Crippen LogP contribution in [0.25, 0.3) is 0 Å². The van der Waals surface area contributed by atoms with Crippen molar-refractivity contribution >= 4 is 0 Å². The molecule has 1 fully saturated rings. The zero-order valence-corrected chi connectivity index (χ0v) is 10.0. The van der Waals surface area contributed by atoms with Gasteiger partial charge in [0, 0.05) is 24.7 Å². The molecule has 1 aromatic carbocycles. The molecule has 0 bridgehead atoms. The highest BCUT2D eigenvalue weighted by atomic mass is 19.2. The molecule has 1 unspecified atom stereocenters. The molecule has 0 aromatic heterocycles. The van der Waals surface area contributed by atoms with E-state index in [0.29, 0.717) is 5.56 Å². The Morgan fingerprint density at radius 3 is 2.59 bits per heavy atom. The van der Waals surface area contributed by atoms with Gasteiger partial charge in [0.1, 0.15) is 0 Å². The highest BCUT2D eigenvalue weighted by Gasteiger charge is 2.17. The average Bonchev–Trinajstić information content (AvgIpc) is 2.34. The van der Waals surface area contributed by atoms with Crippen LogP contribution in [0.3, 0.4) is 0 Å². The fourth-order valence-corrected chi connectivity index (χ4v) is 2.22. The number of nitrogens with zero attached hydrogens (tertiary/aromatic N) is 1. The first-order valence-electron chi connectivity index (χ1n) is 6.13. The van der Waals surface area contributed by atoms with Crippen molar-refractivity contribution in [1.82, 2.24) is 10.4 Å². The highest BCUT2D eigenvalue weighted by Crippen LogP contribution is 2.20. The van der Waals surface area contributed by atoms with E-state index < -0.39 is 11.6 Å². The van der Waals surface area contributed by atoms with Gasteiger partial charge >= 0.3 is 0 Å². The number of benzene rings is 1. The third-order valence-corrected chi connectivity index (χ3v) is 3.18. The minimum atomic E-state index is -0.783. The molecule has 1 N–H and O–H groups in total. The Kier molecular flexibility index (Phi) is 4.07. The molecule has 1 aliphatic rings. The molecule has 1 saturated heterocycles. The third-order valence-electron chi connectivity index (χ3n) is 3.18. The zero-order valence-electron chi connectivity index (χ0n) is 10.0. The van der Waals surface area contributed by atoms with Crippen LogP contribution < -0.4 is 5.43 Å². The molecule has 0 aliphatic carbocycles. The number of hydrogen-bond acceptors (Lipinski definition) is 2. The number of piperidine rings is 1. The van der Waals surface area contributed by atoms with Crippen molar-refractivity contribution in [2.24, 2.45) is 0 Å². The molecular formula is C13H18F2N2. The van der Waals surface area contributed by atoms with E-state index in [-0.39, 0.29) is 6.04 Å². The first-order valence-corrected chi connectivity index (χ1v) is 6.13. The molecule has 94 valence electrons. The number of nitrogens with one attached hydrogen (secondary N) is 1. The van der Waals surface area contributed by atoms with E-state index in [0.717, 1.165) is 32.0 Å². The summed E-state index contributed by atoms with van der Waals surface area (Å²) < 4.78 is 26.7. The summed E-state index contributed by atoms with van der Waals surface area (Å²) in [4.78, 5) is 0. The molecule has 2 rings (SSSR count). The average molecular weight is 240 g/mol. The molecule has 1 aliphatic heterocycles. The summed E-state index contributed by atoms with van der Waals surface area (Å²) in [5, 5.41) is 2.10. The maximum Gasteiger partial charge on any atom is 0.163 e. The van der Waals surface area contributed by atoms with Crippen LogP contribution in [0, 0.1) is 11.6 Å². The fourth-order valence-electron chi connectivity index (χ4n) is 2.22. The summed E-state index contributed by atoms with van der Waals surface area (Å²) in [6.45, 7) is 3.80. The van der Waals surface area contributed by atoms with Crippen LogP contribution in [-0.4, -0.2) is 18.1 Å². The summed E-state index contributed by atoms with van der Waals surface area (Å²) >= 11 is 0. The van der Waals surface area contributed by atoms with Crippen molar-refractivity contribution in [2.45, 2.75) is 32.2 Å². The van der Waals surface area contributed by atoms with E-state index in [4.69, 9.17) is 0 Å². The van der Waals surface area contributed by atoms with E-state index in [9.17, 15) is 8.78 Å². The van der Waals surface area contributed by atoms with Gasteiger partial charge in [0.2, 0.25) is 0 Å². The quantitative estimate of drug-likeness (QED) is 0.873. The van der Waals surface area contributed by atoms with Gasteiger partial charge in [0.25, 0.3) is 0 Å². The van der Waals surface area contributed by atoms with Gasteiger partial charge in [-0.25, -0.2) is 19.2 Å². The molecule has 0 spiro atoms. The summed E-state index contributed by atoms with van der Waals surface area (Å²) in [5.74, 6) is -1.53. The lowest BCUT2D eigenvalue weighted by atomic mass is 10.1. The Balaban J connectivity index is 2.03. The zero-order chi connectivity index (χ0) is 12.3. The summed E-state index contributed by atoms with van der Waals surface area (Å²) in [6.07, 6.45) is 3.57. The van der Waals surface area contributed by atoms with Crippen LogP contribution in [0.4, 0.5) is 8.78 Å². The summed E-state index contributed by atoms with van der Waals surface area (Å²) in [5.41, 5.74) is 3.61. The maximum atomic E-state index is 13.6. The Bertz CT molecular complexity index is 376. The normalized spacial score (nSPS) is 19.2. The van der Waals surface area contributed by atoms with E-state index in [2.05, 4.69) is 10.4 Å². The van der Waals surface area contributed by atoms with Gasteiger partial charge in [-0.2, -0.15) is 0 Å². The lowest BCUT2D eigenvalue weighted by Gasteiger charge is -2.30. The van der Waals surface area contributed by atoms with Gasteiger partial charge in [-0.1, -0.05) is 18.6 Å². The van der Waals surface area contributed by atoms with Gasteiger partial charge in [0.15, 0.2) is 11.6 Å². The maximum absolute atomic E-state index is 13.6. The molecule has 0 saturated carbocycles. The molecule has 17 heavy (non-hydrogen) atoms. The van der Waals surface area contributed by atoms with E-state index in [1.807, 2.05) is 6.92 Å². The molecule has 4 heteroatoms. The standard InChI is InChI=1S/C13H18F2N2/c1-10(16-17-8-3-2-4-9-17)11-6-5-7-12(14)13(11)15/h5-7,10,16H,2-4,8-9H2,1H3. The second-order valence-corrected chi connectivity index (χ2v) is 4.54. The monoisotopic (exact) mass is 240 g/mol. The van der Waals surface area contributed by atoms with Crippen LogP contribution in [-0.2, 0) is 0 Å². The third kappa shape index (κ3) is 3.01. The van der Waals surface area contributed by atoms with Gasteiger partial charge < -0.3 is 0 Å². The number of rotatable bonds is 3. The van der Waals surface area contributed by atoms with Gasteiger partial charge in [-0.3, -0.25) is 0 Å². The van der Waals surface area contributed by atoms with Gasteiger partial charge in [-0.05, 0) is 25.8 Å². The Labute approximate surface area is 101 Å². The van der Waals surface area contributed by atoms with Crippen LogP contribution >= 0.6 is 0 Å². The SMILES string of the molecule is CC(NN1CCCCC1)c1cccc(F)c1F. The van der Waals surface area contributed by atoms with Crippen molar-refractivity contribution < 1.29 is 8.78 Å². The molecule has 2 nitrogen and oxygen atoms in total. The molecule has 0 radical (unpaired) electrons. The van der Waals surface area contributed by atoms with Crippen molar-refractivity contribution in [2.75, 3.05) is 13.1 Å². The van der Waals surface area contributed by atoms with Crippen molar-refractivity contribution in [3.05, 3.63) is 35.4 Å². The van der Waals surface area contributed by atoms with Crippen LogP contribution in [0.5, 0.6) is 0 Å². The van der Waals surface area contributed by atoms with Crippen LogP contribution in [0.1, 0.15) is 37.8 Å². The molecule has 1 heterocycles. The van der Waals surface area contributed by atoms with Gasteiger partial charge in [-0.15, -0.1) is 0 Å². The first-order chi connectivity index (χ1) is 8.18. The van der Waals surface area contributed by atoms with Gasteiger partial charge in [0.05, 0.1) is 0 Å². The van der Waals surface area contributed by atoms with E-state index in [1.165, 1.54) is 6.42 Å². The number of hydrogen-bond donors (Lipinski definition) is 1. The highest BCUT2D eigenvalue weighted by molar-refractivity contribution is 5.21. The Morgan fingerprint density at radius 1 is 1.18 bits per heavy atom. The Hall–Kier alpha value is -1.00. The van der Waals surface area contributed by atoms with Crippen LogP contribution in [0.2, 0.25) is 0 Å². The lowest BCUT2D eigenvalue weighted by molar-refractivity contribution is 0.132. The minimum absolute atomic E-state index is 0.205. The number of hydrazine groups is 1. The summed E-state index contributed by atoms with van der Waals surface area (Å²) in [7, 11) is 0. The summed E-state index contributed by atoms with van der Waals surface area (Å²) in [6, 6.07) is 4.11. The predicted molar refractivity (Wildman–Crippen MR) is 63.3 cm³/mol. The molecule has 1 atom stereocenters. The Morgan fingerprint density at radius 2 is 1.88 bits per heavy atom. The minimum Gasteiger partial charge on any atom is -0.248 e. The second kappa shape index (κ2) is 5.56. The second-order valence-electron chi connectivity index (χ2n) is 4.54. The molecule has 1 aromatic rings. The first kappa shape index (κ1) is 12.5. The molecular weight excluding hydrogens is 222 g/mol. The van der Waals surface area contributed by atoms with Crippen molar-refractivity contribution in [1.29, 1.82) is 0 Å². The van der Waals surface area contributed by atoms with Crippen LogP contribution in [0.15, 0.2) is 18.2 Å². The largest absolute Gasteiger partial charge is 0.248 e. The molecule has 0 amide bonds. The van der Waals surface area contributed by atoms with E-state index in [1.54, 1.807) is 12.1 Å².